The molecule has 2 heteroatoms. The van der Waals surface area contributed by atoms with Gasteiger partial charge in [-0.25, -0.2) is 9.78 Å². The first-order valence-electron chi connectivity index (χ1n) is 0.928. The Morgan fingerprint density at radius 3 is 1.75 bits per heavy atom. The van der Waals surface area contributed by atoms with Gasteiger partial charge in [0, 0.05) is 0 Å². The molecule has 0 atom stereocenters. The lowest BCUT2D eigenvalue weighted by Gasteiger charge is -1.24. The van der Waals surface area contributed by atoms with Crippen LogP contribution in [0.15, 0.2) is 12.5 Å². The monoisotopic (exact) mass is 58.0 g/mol. The first kappa shape index (κ1) is 1.64. The van der Waals surface area contributed by atoms with E-state index in [1.165, 1.54) is 0 Å². The molecule has 1 aliphatic rings. The molecule has 0 radical (unpaired) electrons. The molecular weight excluding hydrogens is 56.0 g/mol. The molecule has 0 unspecified atom stereocenters. The van der Waals surface area contributed by atoms with Crippen LogP contribution in [0.2, 0.25) is 0 Å². The molecule has 1 aliphatic heterocycles. The van der Waals surface area contributed by atoms with Gasteiger partial charge in [0.2, 0.25) is 0 Å². The van der Waals surface area contributed by atoms with Crippen LogP contribution in [0, 0.1) is 0 Å². The van der Waals surface area contributed by atoms with E-state index in [-0.39, 0.29) is 0 Å². The summed E-state index contributed by atoms with van der Waals surface area (Å²) < 4.78 is 0. The Morgan fingerprint density at radius 2 is 1.75 bits per heavy atom. The quantitative estimate of drug-likeness (QED) is 0.298. The Hall–Kier alpha value is -0.660. The fraction of sp³-hybridized carbons (Fsp3) is 0. The zero-order chi connectivity index (χ0) is 2.99. The molecule has 0 aromatic heterocycles. The van der Waals surface area contributed by atoms with Crippen LogP contribution in [-0.4, -0.2) is 0 Å². The first-order valence-corrected chi connectivity index (χ1v) is 0.928. The van der Waals surface area contributed by atoms with E-state index in [1.807, 2.05) is 0 Å². The Balaban J connectivity index is 2.60. The van der Waals surface area contributed by atoms with Gasteiger partial charge in [0.05, 0.1) is 0 Å². The highest BCUT2D eigenvalue weighted by molar-refractivity contribution is 4.70. The zero-order valence-electron chi connectivity index (χ0n) is 2.02. The van der Waals surface area contributed by atoms with E-state index in [9.17, 15) is 0 Å². The summed E-state index contributed by atoms with van der Waals surface area (Å²) in [5, 5.41) is 0. The van der Waals surface area contributed by atoms with Gasteiger partial charge in [-0.15, -0.1) is 0 Å². The molecule has 0 spiro atoms. The number of hydrogen-bond acceptors (Lipinski definition) is 2. The summed E-state index contributed by atoms with van der Waals surface area (Å²) >= 11 is 0. The van der Waals surface area contributed by atoms with Crippen LogP contribution in [0.1, 0.15) is 0 Å². The Bertz CT molecular complexity index is 42.0. The summed E-state index contributed by atoms with van der Waals surface area (Å²) in [6, 6.07) is 0. The van der Waals surface area contributed by atoms with E-state index in [2.05, 4.69) is 16.4 Å². The van der Waals surface area contributed by atoms with Crippen LogP contribution in [-0.2, 0) is 9.78 Å². The normalized spacial score (nSPS) is 17.5. The predicted octanol–water partition coefficient (Wildman–Crippen LogP) is 0.419. The molecule has 0 aromatic rings. The van der Waals surface area contributed by atoms with E-state index >= 15 is 0 Å². The minimum absolute atomic E-state index is 0.417. The second-order valence-electron chi connectivity index (χ2n) is 0.539. The van der Waals surface area contributed by atoms with Gasteiger partial charge in [0.1, 0.15) is 0 Å². The third kappa shape index (κ3) is 0.0283. The molecule has 0 aliphatic carbocycles. The molecule has 1 heterocycles. The van der Waals surface area contributed by atoms with Crippen LogP contribution in [0.25, 0.3) is 0 Å². The molecule has 0 amide bonds. The summed E-state index contributed by atoms with van der Waals surface area (Å²) in [5.41, 5.74) is 0. The highest BCUT2D eigenvalue weighted by atomic mass is 17.4. The summed E-state index contributed by atoms with van der Waals surface area (Å²) in [4.78, 5) is 8.03. The number of rotatable bonds is 0. The largest absolute Gasteiger partial charge is 0.372 e. The van der Waals surface area contributed by atoms with Crippen LogP contribution in [0.3, 0.4) is 0 Å². The van der Waals surface area contributed by atoms with Gasteiger partial charge in [0.15, 0.2) is 0 Å². The van der Waals surface area contributed by atoms with Crippen molar-refractivity contribution >= 4 is 0 Å². The number of hydrogen-bond donors (Lipinski definition) is 0. The van der Waals surface area contributed by atoms with Gasteiger partial charge in [-0.05, 0) is 6.58 Å². The lowest BCUT2D eigenvalue weighted by Crippen LogP contribution is -1.17. The standard InChI is InChI=1S/C2H2O2/c1-2-3-4-2/h1H2. The van der Waals surface area contributed by atoms with Crippen LogP contribution in [0.5, 0.6) is 0 Å². The molecule has 0 aromatic carbocycles. The molecule has 1 saturated heterocycles. The lowest BCUT2D eigenvalue weighted by atomic mass is 11.1. The molecular formula is C2H2O2. The average Bonchev–Trinajstić information content (AvgIpc) is 1.75. The van der Waals surface area contributed by atoms with Crippen molar-refractivity contribution in [2.75, 3.05) is 0 Å². The third-order valence-corrected chi connectivity index (χ3v) is 0.201. The third-order valence-electron chi connectivity index (χ3n) is 0.201. The highest BCUT2D eigenvalue weighted by Gasteiger charge is 2.10. The Kier molecular flexibility index (Phi) is 0.0914. The molecule has 1 rings (SSSR count). The van der Waals surface area contributed by atoms with Gasteiger partial charge in [-0.1, -0.05) is 0 Å². The van der Waals surface area contributed by atoms with E-state index in [4.69, 9.17) is 0 Å². The summed E-state index contributed by atoms with van der Waals surface area (Å²) in [6.07, 6.45) is 0. The van der Waals surface area contributed by atoms with Crippen LogP contribution < -0.4 is 0 Å². The second-order valence-corrected chi connectivity index (χ2v) is 0.539. The van der Waals surface area contributed by atoms with E-state index in [1.54, 1.807) is 0 Å². The van der Waals surface area contributed by atoms with E-state index < -0.39 is 0 Å². The fourth-order valence-electron chi connectivity index (χ4n) is 0.0295. The van der Waals surface area contributed by atoms with Crippen LogP contribution in [0.4, 0.5) is 0 Å². The minimum Gasteiger partial charge on any atom is -0.243 e. The van der Waals surface area contributed by atoms with Gasteiger partial charge >= 0.3 is 5.95 Å². The highest BCUT2D eigenvalue weighted by Crippen LogP contribution is 2.11. The Morgan fingerprint density at radius 1 is 1.50 bits per heavy atom. The fourth-order valence-corrected chi connectivity index (χ4v) is 0.0295. The minimum atomic E-state index is 0.417. The molecule has 0 N–H and O–H groups in total. The molecule has 22 valence electrons. The zero-order valence-corrected chi connectivity index (χ0v) is 2.02. The van der Waals surface area contributed by atoms with Crippen molar-refractivity contribution in [1.82, 2.24) is 0 Å². The first-order chi connectivity index (χ1) is 1.89. The SMILES string of the molecule is C=C1OO1. The summed E-state index contributed by atoms with van der Waals surface area (Å²) in [6.45, 7) is 3.22. The Labute approximate surface area is 23.6 Å². The van der Waals surface area contributed by atoms with Crippen molar-refractivity contribution in [3.8, 4) is 0 Å². The average molecular weight is 58.0 g/mol. The summed E-state index contributed by atoms with van der Waals surface area (Å²) in [7, 11) is 0. The maximum Gasteiger partial charge on any atom is 0.372 e. The molecule has 2 nitrogen and oxygen atoms in total. The molecule has 0 saturated carbocycles. The van der Waals surface area contributed by atoms with Gasteiger partial charge in [0.25, 0.3) is 0 Å². The van der Waals surface area contributed by atoms with Gasteiger partial charge in [-0.3, -0.25) is 0 Å². The molecule has 0 bridgehead atoms. The van der Waals surface area contributed by atoms with Crippen LogP contribution >= 0.6 is 0 Å². The summed E-state index contributed by atoms with van der Waals surface area (Å²) in [5.74, 6) is 0.417. The molecule has 4 heavy (non-hydrogen) atoms. The van der Waals surface area contributed by atoms with Crippen molar-refractivity contribution in [1.29, 1.82) is 0 Å². The second kappa shape index (κ2) is 0.223. The van der Waals surface area contributed by atoms with E-state index in [0.29, 0.717) is 5.95 Å². The maximum absolute atomic E-state index is 4.01. The van der Waals surface area contributed by atoms with Crippen molar-refractivity contribution in [2.24, 2.45) is 0 Å². The van der Waals surface area contributed by atoms with Gasteiger partial charge in [-0.2, -0.15) is 0 Å². The topological polar surface area (TPSA) is 25.1 Å². The smallest absolute Gasteiger partial charge is 0.243 e. The van der Waals surface area contributed by atoms with Crippen molar-refractivity contribution in [3.05, 3.63) is 12.5 Å². The van der Waals surface area contributed by atoms with Crippen molar-refractivity contribution in [3.63, 3.8) is 0 Å². The van der Waals surface area contributed by atoms with Crippen molar-refractivity contribution in [2.45, 2.75) is 0 Å². The van der Waals surface area contributed by atoms with Crippen molar-refractivity contribution < 1.29 is 9.78 Å². The maximum atomic E-state index is 4.01. The molecule has 1 fully saturated rings. The lowest BCUT2D eigenvalue weighted by molar-refractivity contribution is 0.0850. The van der Waals surface area contributed by atoms with Gasteiger partial charge < -0.3 is 0 Å². The van der Waals surface area contributed by atoms with E-state index in [0.717, 1.165) is 0 Å². The predicted molar refractivity (Wildman–Crippen MR) is 11.3 cm³/mol.